The van der Waals surface area contributed by atoms with Crippen LogP contribution in [0.1, 0.15) is 22.8 Å². The Labute approximate surface area is 151 Å². The van der Waals surface area contributed by atoms with Gasteiger partial charge >= 0.3 is 6.09 Å². The van der Waals surface area contributed by atoms with Gasteiger partial charge in [-0.05, 0) is 17.2 Å². The first kappa shape index (κ1) is 16.3. The maximum Gasteiger partial charge on any atom is 0.413 e. The molecule has 1 aliphatic heterocycles. The second-order valence-electron chi connectivity index (χ2n) is 6.21. The summed E-state index contributed by atoms with van der Waals surface area (Å²) in [7, 11) is 0. The summed E-state index contributed by atoms with van der Waals surface area (Å²) in [4.78, 5) is 18.1. The molecule has 130 valence electrons. The largest absolute Gasteiger partial charge is 0.436 e. The van der Waals surface area contributed by atoms with E-state index in [-0.39, 0.29) is 6.54 Å². The molecule has 5 heteroatoms. The molecule has 0 spiro atoms. The molecule has 0 saturated carbocycles. The highest BCUT2D eigenvalue weighted by Gasteiger charge is 2.55. The minimum atomic E-state index is -1.62. The summed E-state index contributed by atoms with van der Waals surface area (Å²) < 4.78 is 5.62. The number of aliphatic hydroxyl groups is 1. The van der Waals surface area contributed by atoms with Gasteiger partial charge in [0.25, 0.3) is 0 Å². The van der Waals surface area contributed by atoms with Crippen LogP contribution in [0.2, 0.25) is 0 Å². The Morgan fingerprint density at radius 1 is 1.00 bits per heavy atom. The van der Waals surface area contributed by atoms with Crippen molar-refractivity contribution in [3.05, 3.63) is 102 Å². The lowest BCUT2D eigenvalue weighted by Crippen LogP contribution is -2.45. The van der Waals surface area contributed by atoms with Gasteiger partial charge in [-0.1, -0.05) is 66.7 Å². The maximum absolute atomic E-state index is 12.7. The number of amides is 1. The van der Waals surface area contributed by atoms with Crippen LogP contribution in [-0.4, -0.2) is 21.1 Å². The number of ether oxygens (including phenoxy) is 1. The Balaban J connectivity index is 1.81. The molecule has 0 unspecified atom stereocenters. The second kappa shape index (κ2) is 6.61. The number of hydrogen-bond donors (Lipinski definition) is 1. The zero-order valence-electron chi connectivity index (χ0n) is 14.0. The third kappa shape index (κ3) is 2.72. The number of benzene rings is 2. The van der Waals surface area contributed by atoms with Crippen LogP contribution in [0.15, 0.2) is 85.2 Å². The van der Waals surface area contributed by atoms with Crippen molar-refractivity contribution in [3.8, 4) is 0 Å². The average Bonchev–Trinajstić information content (AvgIpc) is 2.96. The zero-order valence-corrected chi connectivity index (χ0v) is 14.0. The molecular formula is C21H18N2O3. The van der Waals surface area contributed by atoms with Crippen LogP contribution in [0.3, 0.4) is 0 Å². The molecule has 0 bridgehead atoms. The normalized spacial score (nSPS) is 22.3. The van der Waals surface area contributed by atoms with E-state index < -0.39 is 17.9 Å². The Hall–Kier alpha value is -3.18. The number of carbonyl (C=O) groups excluding carboxylic acids is 1. The number of hydrogen-bond acceptors (Lipinski definition) is 4. The molecular weight excluding hydrogens is 328 g/mol. The van der Waals surface area contributed by atoms with Gasteiger partial charge in [0.2, 0.25) is 5.72 Å². The van der Waals surface area contributed by atoms with E-state index in [9.17, 15) is 9.90 Å². The topological polar surface area (TPSA) is 62.7 Å². The van der Waals surface area contributed by atoms with Gasteiger partial charge in [0, 0.05) is 18.0 Å². The van der Waals surface area contributed by atoms with E-state index in [2.05, 4.69) is 4.98 Å². The lowest BCUT2D eigenvalue weighted by Gasteiger charge is -2.34. The van der Waals surface area contributed by atoms with Crippen molar-refractivity contribution in [3.63, 3.8) is 0 Å². The molecule has 3 aromatic rings. The van der Waals surface area contributed by atoms with Gasteiger partial charge in [0.15, 0.2) is 6.10 Å². The van der Waals surface area contributed by atoms with Crippen LogP contribution in [0.25, 0.3) is 0 Å². The molecule has 26 heavy (non-hydrogen) atoms. The molecule has 1 aliphatic rings. The molecule has 2 atom stereocenters. The van der Waals surface area contributed by atoms with Crippen LogP contribution in [0.5, 0.6) is 0 Å². The summed E-state index contributed by atoms with van der Waals surface area (Å²) in [6.07, 6.45) is 1.96. The van der Waals surface area contributed by atoms with Crippen LogP contribution < -0.4 is 0 Å². The van der Waals surface area contributed by atoms with Crippen molar-refractivity contribution >= 4 is 6.09 Å². The fourth-order valence-electron chi connectivity index (χ4n) is 3.31. The first-order chi connectivity index (χ1) is 12.7. The van der Waals surface area contributed by atoms with Gasteiger partial charge in [0.1, 0.15) is 0 Å². The highest BCUT2D eigenvalue weighted by molar-refractivity contribution is 5.72. The highest BCUT2D eigenvalue weighted by atomic mass is 16.6. The number of carbonyl (C=O) groups is 1. The summed E-state index contributed by atoms with van der Waals surface area (Å²) in [5.74, 6) is 0. The molecule has 1 fully saturated rings. The predicted molar refractivity (Wildman–Crippen MR) is 95.8 cm³/mol. The van der Waals surface area contributed by atoms with Crippen LogP contribution >= 0.6 is 0 Å². The Morgan fingerprint density at radius 2 is 1.69 bits per heavy atom. The number of nitrogens with zero attached hydrogens (tertiary/aromatic N) is 2. The summed E-state index contributed by atoms with van der Waals surface area (Å²) in [5, 5.41) is 11.7. The highest BCUT2D eigenvalue weighted by Crippen LogP contribution is 2.47. The molecule has 2 aromatic carbocycles. The quantitative estimate of drug-likeness (QED) is 0.784. The average molecular weight is 346 g/mol. The van der Waals surface area contributed by atoms with E-state index >= 15 is 0 Å². The van der Waals surface area contributed by atoms with E-state index in [4.69, 9.17) is 4.74 Å². The van der Waals surface area contributed by atoms with Gasteiger partial charge in [-0.15, -0.1) is 0 Å². The fraction of sp³-hybridized carbons (Fsp3) is 0.143. The number of pyridine rings is 1. The van der Waals surface area contributed by atoms with Crippen molar-refractivity contribution < 1.29 is 14.6 Å². The van der Waals surface area contributed by atoms with Crippen LogP contribution in [0.4, 0.5) is 4.79 Å². The Morgan fingerprint density at radius 3 is 2.35 bits per heavy atom. The molecule has 2 heterocycles. The van der Waals surface area contributed by atoms with E-state index in [1.807, 2.05) is 54.6 Å². The van der Waals surface area contributed by atoms with Crippen molar-refractivity contribution in [2.24, 2.45) is 0 Å². The van der Waals surface area contributed by atoms with Crippen LogP contribution in [-0.2, 0) is 17.0 Å². The van der Waals surface area contributed by atoms with Gasteiger partial charge in [-0.2, -0.15) is 0 Å². The lowest BCUT2D eigenvalue weighted by atomic mass is 9.91. The Bertz CT molecular complexity index is 887. The van der Waals surface area contributed by atoms with E-state index in [1.54, 1.807) is 30.6 Å². The SMILES string of the molecule is O=C1O[C@H](c2ccccc2)[C@](O)(c2ccccc2)N1Cc1cccnc1. The second-order valence-corrected chi connectivity index (χ2v) is 6.21. The minimum absolute atomic E-state index is 0.196. The predicted octanol–water partition coefficient (Wildman–Crippen LogP) is 3.62. The summed E-state index contributed by atoms with van der Waals surface area (Å²) in [6.45, 7) is 0.196. The fourth-order valence-corrected chi connectivity index (χ4v) is 3.31. The lowest BCUT2D eigenvalue weighted by molar-refractivity contribution is -0.113. The summed E-state index contributed by atoms with van der Waals surface area (Å²) in [5.41, 5.74) is 0.534. The smallest absolute Gasteiger partial charge is 0.413 e. The molecule has 5 nitrogen and oxygen atoms in total. The first-order valence-electron chi connectivity index (χ1n) is 8.39. The van der Waals surface area contributed by atoms with Gasteiger partial charge in [-0.25, -0.2) is 4.79 Å². The number of aromatic nitrogens is 1. The van der Waals surface area contributed by atoms with Gasteiger partial charge < -0.3 is 9.84 Å². The van der Waals surface area contributed by atoms with Crippen molar-refractivity contribution in [1.82, 2.24) is 9.88 Å². The van der Waals surface area contributed by atoms with Crippen LogP contribution in [0, 0.1) is 0 Å². The van der Waals surface area contributed by atoms with Crippen molar-refractivity contribution in [2.75, 3.05) is 0 Å². The number of rotatable bonds is 4. The summed E-state index contributed by atoms with van der Waals surface area (Å²) >= 11 is 0. The third-order valence-corrected chi connectivity index (χ3v) is 4.58. The zero-order chi connectivity index (χ0) is 18.0. The molecule has 1 aromatic heterocycles. The minimum Gasteiger partial charge on any atom is -0.436 e. The number of cyclic esters (lactones) is 1. The van der Waals surface area contributed by atoms with Gasteiger partial charge in [0.05, 0.1) is 6.54 Å². The van der Waals surface area contributed by atoms with E-state index in [0.717, 1.165) is 11.1 Å². The molecule has 1 saturated heterocycles. The monoisotopic (exact) mass is 346 g/mol. The Kier molecular flexibility index (Phi) is 4.14. The third-order valence-electron chi connectivity index (χ3n) is 4.58. The molecule has 4 rings (SSSR count). The summed E-state index contributed by atoms with van der Waals surface area (Å²) in [6, 6.07) is 22.1. The molecule has 1 amide bonds. The van der Waals surface area contributed by atoms with Crippen molar-refractivity contribution in [2.45, 2.75) is 18.4 Å². The molecule has 0 radical (unpaired) electrons. The van der Waals surface area contributed by atoms with E-state index in [0.29, 0.717) is 5.56 Å². The maximum atomic E-state index is 12.7. The first-order valence-corrected chi connectivity index (χ1v) is 8.39. The molecule has 1 N–H and O–H groups in total. The standard InChI is InChI=1S/C21H18N2O3/c24-20-23(15-16-8-7-13-22-14-16)21(25,18-11-5-2-6-12-18)19(26-20)17-9-3-1-4-10-17/h1-14,19,25H,15H2/t19-,21-/m1/s1. The van der Waals surface area contributed by atoms with Gasteiger partial charge in [-0.3, -0.25) is 9.88 Å². The van der Waals surface area contributed by atoms with Crippen molar-refractivity contribution in [1.29, 1.82) is 0 Å². The molecule has 0 aliphatic carbocycles. The van der Waals surface area contributed by atoms with E-state index in [1.165, 1.54) is 4.90 Å².